The van der Waals surface area contributed by atoms with Crippen molar-refractivity contribution in [2.45, 2.75) is 13.0 Å². The highest BCUT2D eigenvalue weighted by atomic mass is 35.5. The van der Waals surface area contributed by atoms with E-state index in [1.54, 1.807) is 13.3 Å². The van der Waals surface area contributed by atoms with E-state index in [4.69, 9.17) is 16.3 Å². The molecule has 1 N–H and O–H groups in total. The third-order valence-corrected chi connectivity index (χ3v) is 3.29. The third kappa shape index (κ3) is 3.69. The number of nitrogens with zero attached hydrogens (tertiary/aromatic N) is 1. The summed E-state index contributed by atoms with van der Waals surface area (Å²) in [6.07, 6.45) is 1.74. The van der Waals surface area contributed by atoms with Crippen LogP contribution in [0.1, 0.15) is 17.2 Å². The number of rotatable bonds is 5. The molecule has 1 aromatic heterocycles. The molecule has 0 bridgehead atoms. The zero-order valence-electron chi connectivity index (χ0n) is 11.1. The largest absolute Gasteiger partial charge is 0.382 e. The van der Waals surface area contributed by atoms with Crippen molar-refractivity contribution in [2.24, 2.45) is 0 Å². The van der Waals surface area contributed by atoms with E-state index < -0.39 is 0 Å². The molecule has 0 aliphatic carbocycles. The van der Waals surface area contributed by atoms with Crippen LogP contribution in [0.15, 0.2) is 42.6 Å². The summed E-state index contributed by atoms with van der Waals surface area (Å²) in [5, 5.41) is 3.95. The van der Waals surface area contributed by atoms with E-state index in [1.165, 1.54) is 5.56 Å². The molecule has 1 heterocycles. The molecule has 100 valence electrons. The maximum absolute atomic E-state index is 5.93. The number of aromatic nitrogens is 1. The van der Waals surface area contributed by atoms with Gasteiger partial charge < -0.3 is 10.1 Å². The first-order valence-electron chi connectivity index (χ1n) is 6.13. The predicted molar refractivity (Wildman–Crippen MR) is 78.7 cm³/mol. The average Bonchev–Trinajstić information content (AvgIpc) is 2.43. The number of hydrogen-bond acceptors (Lipinski definition) is 3. The number of methoxy groups -OCH3 is 1. The number of hydrogen-bond donors (Lipinski definition) is 1. The summed E-state index contributed by atoms with van der Waals surface area (Å²) in [4.78, 5) is 4.15. The molecule has 2 rings (SSSR count). The van der Waals surface area contributed by atoms with Crippen LogP contribution >= 0.6 is 11.6 Å². The van der Waals surface area contributed by atoms with Crippen LogP contribution in [0.4, 0.5) is 5.69 Å². The van der Waals surface area contributed by atoms with Crippen LogP contribution in [0.3, 0.4) is 0 Å². The monoisotopic (exact) mass is 276 g/mol. The van der Waals surface area contributed by atoms with Gasteiger partial charge in [0.2, 0.25) is 0 Å². The van der Waals surface area contributed by atoms with Gasteiger partial charge in [0.05, 0.1) is 24.5 Å². The van der Waals surface area contributed by atoms with E-state index >= 15 is 0 Å². The van der Waals surface area contributed by atoms with Gasteiger partial charge in [-0.2, -0.15) is 0 Å². The van der Waals surface area contributed by atoms with Gasteiger partial charge in [-0.25, -0.2) is 4.98 Å². The number of aryl methyl sites for hydroxylation is 1. The number of halogens is 1. The van der Waals surface area contributed by atoms with E-state index in [0.29, 0.717) is 11.8 Å². The van der Waals surface area contributed by atoms with Crippen molar-refractivity contribution in [1.82, 2.24) is 4.98 Å². The van der Waals surface area contributed by atoms with Gasteiger partial charge in [0.25, 0.3) is 0 Å². The highest BCUT2D eigenvalue weighted by Crippen LogP contribution is 2.22. The Morgan fingerprint density at radius 3 is 2.68 bits per heavy atom. The Morgan fingerprint density at radius 2 is 2.05 bits per heavy atom. The Bertz CT molecular complexity index is 531. The molecule has 4 heteroatoms. The summed E-state index contributed by atoms with van der Waals surface area (Å²) in [7, 11) is 1.70. The Morgan fingerprint density at radius 1 is 1.32 bits per heavy atom. The lowest BCUT2D eigenvalue weighted by atomic mass is 10.1. The Hall–Kier alpha value is -1.58. The highest BCUT2D eigenvalue weighted by Gasteiger charge is 2.11. The fourth-order valence-corrected chi connectivity index (χ4v) is 2.01. The second kappa shape index (κ2) is 6.55. The van der Waals surface area contributed by atoms with Crippen LogP contribution in [-0.4, -0.2) is 18.7 Å². The molecular formula is C15H17ClN2O. The van der Waals surface area contributed by atoms with Gasteiger partial charge in [-0.3, -0.25) is 0 Å². The molecule has 0 spiro atoms. The van der Waals surface area contributed by atoms with Crippen molar-refractivity contribution < 1.29 is 4.74 Å². The van der Waals surface area contributed by atoms with E-state index in [0.717, 1.165) is 11.3 Å². The van der Waals surface area contributed by atoms with Crippen LogP contribution in [0.25, 0.3) is 0 Å². The van der Waals surface area contributed by atoms with Crippen LogP contribution in [-0.2, 0) is 4.74 Å². The highest BCUT2D eigenvalue weighted by molar-refractivity contribution is 6.30. The van der Waals surface area contributed by atoms with Gasteiger partial charge in [-0.1, -0.05) is 41.9 Å². The van der Waals surface area contributed by atoms with Crippen LogP contribution < -0.4 is 5.32 Å². The lowest BCUT2D eigenvalue weighted by Gasteiger charge is -2.19. The summed E-state index contributed by atoms with van der Waals surface area (Å²) in [5.41, 5.74) is 3.07. The summed E-state index contributed by atoms with van der Waals surface area (Å²) in [5.74, 6) is 0. The molecule has 3 nitrogen and oxygen atoms in total. The average molecular weight is 277 g/mol. The zero-order valence-corrected chi connectivity index (χ0v) is 11.8. The van der Waals surface area contributed by atoms with E-state index in [9.17, 15) is 0 Å². The minimum atomic E-state index is 0.0913. The first-order valence-corrected chi connectivity index (χ1v) is 6.51. The molecule has 19 heavy (non-hydrogen) atoms. The first-order chi connectivity index (χ1) is 9.20. The second-order valence-corrected chi connectivity index (χ2v) is 4.75. The minimum absolute atomic E-state index is 0.0913. The molecule has 0 radical (unpaired) electrons. The summed E-state index contributed by atoms with van der Waals surface area (Å²) in [6.45, 7) is 2.53. The number of pyridine rings is 1. The van der Waals surface area contributed by atoms with Crippen molar-refractivity contribution in [3.63, 3.8) is 0 Å². The summed E-state index contributed by atoms with van der Waals surface area (Å²) >= 11 is 5.93. The molecule has 0 saturated carbocycles. The number of anilines is 1. The molecule has 0 amide bonds. The molecule has 1 unspecified atom stereocenters. The van der Waals surface area contributed by atoms with Crippen molar-refractivity contribution in [3.8, 4) is 0 Å². The topological polar surface area (TPSA) is 34.1 Å². The quantitative estimate of drug-likeness (QED) is 0.843. The summed E-state index contributed by atoms with van der Waals surface area (Å²) in [6, 6.07) is 12.3. The number of ether oxygens (including phenoxy) is 1. The number of nitrogens with one attached hydrogen (secondary N) is 1. The van der Waals surface area contributed by atoms with Crippen LogP contribution in [0, 0.1) is 6.92 Å². The van der Waals surface area contributed by atoms with E-state index in [-0.39, 0.29) is 6.04 Å². The smallest absolute Gasteiger partial charge is 0.132 e. The Kier molecular flexibility index (Phi) is 4.77. The molecule has 0 aliphatic rings. The van der Waals surface area contributed by atoms with Gasteiger partial charge in [0, 0.05) is 7.11 Å². The van der Waals surface area contributed by atoms with Crippen LogP contribution in [0.2, 0.25) is 5.15 Å². The van der Waals surface area contributed by atoms with E-state index in [1.807, 2.05) is 31.2 Å². The summed E-state index contributed by atoms with van der Waals surface area (Å²) < 4.78 is 5.28. The maximum atomic E-state index is 5.93. The van der Waals surface area contributed by atoms with Crippen molar-refractivity contribution in [2.75, 3.05) is 19.0 Å². The fraction of sp³-hybridized carbons (Fsp3) is 0.267. The minimum Gasteiger partial charge on any atom is -0.382 e. The van der Waals surface area contributed by atoms with Gasteiger partial charge in [0.1, 0.15) is 5.15 Å². The van der Waals surface area contributed by atoms with E-state index in [2.05, 4.69) is 22.4 Å². The lowest BCUT2D eigenvalue weighted by molar-refractivity contribution is 0.186. The Balaban J connectivity index is 2.19. The van der Waals surface area contributed by atoms with Crippen molar-refractivity contribution in [1.29, 1.82) is 0 Å². The molecule has 0 saturated heterocycles. The first kappa shape index (κ1) is 13.8. The molecule has 0 fully saturated rings. The second-order valence-electron chi connectivity index (χ2n) is 4.39. The lowest BCUT2D eigenvalue weighted by Crippen LogP contribution is -2.16. The standard InChI is InChI=1S/C15H17ClN2O/c1-11-8-13(9-17-15(11)16)18-14(10-19-2)12-6-4-3-5-7-12/h3-9,14,18H,10H2,1-2H3. The molecule has 2 aromatic rings. The third-order valence-electron chi connectivity index (χ3n) is 2.89. The fourth-order valence-electron chi connectivity index (χ4n) is 1.91. The zero-order chi connectivity index (χ0) is 13.7. The van der Waals surface area contributed by atoms with Crippen molar-refractivity contribution >= 4 is 17.3 Å². The molecular weight excluding hydrogens is 260 g/mol. The van der Waals surface area contributed by atoms with Gasteiger partial charge in [-0.15, -0.1) is 0 Å². The normalized spacial score (nSPS) is 12.2. The molecule has 1 aromatic carbocycles. The maximum Gasteiger partial charge on any atom is 0.132 e. The van der Waals surface area contributed by atoms with Gasteiger partial charge in [-0.05, 0) is 24.1 Å². The van der Waals surface area contributed by atoms with Crippen LogP contribution in [0.5, 0.6) is 0 Å². The van der Waals surface area contributed by atoms with Crippen molar-refractivity contribution in [3.05, 3.63) is 58.9 Å². The number of benzene rings is 1. The predicted octanol–water partition coefficient (Wildman–Crippen LogP) is 3.84. The van der Waals surface area contributed by atoms with Gasteiger partial charge in [0.15, 0.2) is 0 Å². The molecule has 0 aliphatic heterocycles. The molecule has 1 atom stereocenters. The Labute approximate surface area is 118 Å². The SMILES string of the molecule is COCC(Nc1cnc(Cl)c(C)c1)c1ccccc1. The van der Waals surface area contributed by atoms with Gasteiger partial charge >= 0.3 is 0 Å².